The molecule has 0 aliphatic rings. The first-order chi connectivity index (χ1) is 10.1. The van der Waals surface area contributed by atoms with Gasteiger partial charge in [-0.3, -0.25) is 0 Å². The first kappa shape index (κ1) is 16.0. The number of pyridine rings is 1. The van der Waals surface area contributed by atoms with Gasteiger partial charge in [0, 0.05) is 17.1 Å². The zero-order valence-electron chi connectivity index (χ0n) is 11.7. The van der Waals surface area contributed by atoms with Gasteiger partial charge in [-0.1, -0.05) is 13.3 Å². The van der Waals surface area contributed by atoms with Crippen LogP contribution in [0.15, 0.2) is 28.1 Å². The number of nitrogens with zero attached hydrogens (tertiary/aromatic N) is 1. The summed E-state index contributed by atoms with van der Waals surface area (Å²) in [4.78, 5) is 16.9. The van der Waals surface area contributed by atoms with Crippen LogP contribution in [-0.2, 0) is 12.8 Å². The third-order valence-corrected chi connectivity index (χ3v) is 4.62. The van der Waals surface area contributed by atoms with Crippen LogP contribution in [0.5, 0.6) is 0 Å². The predicted octanol–water partition coefficient (Wildman–Crippen LogP) is 4.21. The van der Waals surface area contributed by atoms with E-state index in [0.717, 1.165) is 35.3 Å². The summed E-state index contributed by atoms with van der Waals surface area (Å²) < 4.78 is 1.12. The van der Waals surface area contributed by atoms with Crippen molar-refractivity contribution in [1.29, 1.82) is 0 Å². The van der Waals surface area contributed by atoms with Gasteiger partial charge in [-0.05, 0) is 53.0 Å². The molecule has 2 N–H and O–H groups in total. The van der Waals surface area contributed by atoms with Crippen molar-refractivity contribution in [3.8, 4) is 0 Å². The number of hydrogen-bond acceptors (Lipinski definition) is 4. The van der Waals surface area contributed by atoms with Crippen molar-refractivity contribution in [3.05, 3.63) is 44.2 Å². The zero-order valence-corrected chi connectivity index (χ0v) is 14.1. The van der Waals surface area contributed by atoms with Crippen LogP contribution in [0, 0.1) is 0 Å². The van der Waals surface area contributed by atoms with Crippen LogP contribution < -0.4 is 5.32 Å². The Hall–Kier alpha value is -1.40. The monoisotopic (exact) mass is 368 g/mol. The Morgan fingerprint density at radius 2 is 2.19 bits per heavy atom. The Morgan fingerprint density at radius 3 is 2.81 bits per heavy atom. The Kier molecular flexibility index (Phi) is 5.76. The van der Waals surface area contributed by atoms with E-state index in [-0.39, 0.29) is 5.56 Å². The predicted molar refractivity (Wildman–Crippen MR) is 89.4 cm³/mol. The van der Waals surface area contributed by atoms with Gasteiger partial charge in [0.05, 0.1) is 9.35 Å². The third-order valence-electron chi connectivity index (χ3n) is 2.94. The van der Waals surface area contributed by atoms with Crippen molar-refractivity contribution in [3.63, 3.8) is 0 Å². The van der Waals surface area contributed by atoms with Gasteiger partial charge in [0.25, 0.3) is 0 Å². The Bertz CT molecular complexity index is 628. The fourth-order valence-corrected chi connectivity index (χ4v) is 3.47. The van der Waals surface area contributed by atoms with Gasteiger partial charge in [-0.15, -0.1) is 11.3 Å². The van der Waals surface area contributed by atoms with Crippen LogP contribution in [0.25, 0.3) is 0 Å². The summed E-state index contributed by atoms with van der Waals surface area (Å²) in [5.41, 5.74) is 1.11. The largest absolute Gasteiger partial charge is 0.478 e. The lowest BCUT2D eigenvalue weighted by Gasteiger charge is -2.08. The van der Waals surface area contributed by atoms with E-state index in [1.807, 2.05) is 6.07 Å². The van der Waals surface area contributed by atoms with E-state index >= 15 is 0 Å². The fourth-order valence-electron chi connectivity index (χ4n) is 1.99. The molecule has 0 aliphatic heterocycles. The molecule has 2 rings (SSSR count). The lowest BCUT2D eigenvalue weighted by atomic mass is 10.1. The molecule has 2 aromatic rings. The number of thiophene rings is 1. The second kappa shape index (κ2) is 7.56. The SMILES string of the molecule is CCCc1cc(C(=O)O)cc(NCCc2ccc(Br)s2)n1. The molecule has 4 nitrogen and oxygen atoms in total. The summed E-state index contributed by atoms with van der Waals surface area (Å²) in [5.74, 6) is -0.283. The van der Waals surface area contributed by atoms with E-state index in [1.54, 1.807) is 23.5 Å². The number of carboxylic acid groups (broad SMARTS) is 1. The van der Waals surface area contributed by atoms with Gasteiger partial charge in [0.1, 0.15) is 5.82 Å². The van der Waals surface area contributed by atoms with Crippen LogP contribution in [-0.4, -0.2) is 22.6 Å². The molecule has 0 aromatic carbocycles. The second-order valence-corrected chi connectivity index (χ2v) is 7.22. The van der Waals surface area contributed by atoms with E-state index in [0.29, 0.717) is 5.82 Å². The van der Waals surface area contributed by atoms with Crippen molar-refractivity contribution < 1.29 is 9.90 Å². The molecule has 0 saturated carbocycles. The molecular formula is C15H17BrN2O2S. The Morgan fingerprint density at radius 1 is 1.38 bits per heavy atom. The highest BCUT2D eigenvalue weighted by Crippen LogP contribution is 2.22. The molecule has 0 saturated heterocycles. The second-order valence-electron chi connectivity index (χ2n) is 4.67. The third kappa shape index (κ3) is 4.82. The number of nitrogens with one attached hydrogen (secondary N) is 1. The lowest BCUT2D eigenvalue weighted by Crippen LogP contribution is -2.09. The molecule has 0 fully saturated rings. The highest BCUT2D eigenvalue weighted by atomic mass is 79.9. The zero-order chi connectivity index (χ0) is 15.2. The van der Waals surface area contributed by atoms with Crippen LogP contribution in [0.4, 0.5) is 5.82 Å². The Labute approximate surface area is 136 Å². The van der Waals surface area contributed by atoms with Crippen molar-refractivity contribution in [2.75, 3.05) is 11.9 Å². The van der Waals surface area contributed by atoms with Crippen molar-refractivity contribution in [2.45, 2.75) is 26.2 Å². The molecule has 2 heterocycles. The molecule has 0 radical (unpaired) electrons. The molecule has 2 aromatic heterocycles. The Balaban J connectivity index is 2.02. The van der Waals surface area contributed by atoms with Crippen molar-refractivity contribution in [2.24, 2.45) is 0 Å². The van der Waals surface area contributed by atoms with E-state index < -0.39 is 5.97 Å². The van der Waals surface area contributed by atoms with Gasteiger partial charge in [-0.25, -0.2) is 9.78 Å². The van der Waals surface area contributed by atoms with Gasteiger partial charge < -0.3 is 10.4 Å². The minimum atomic E-state index is -0.917. The van der Waals surface area contributed by atoms with E-state index in [4.69, 9.17) is 5.11 Å². The molecule has 0 bridgehead atoms. The normalized spacial score (nSPS) is 10.6. The number of hydrogen-bond donors (Lipinski definition) is 2. The van der Waals surface area contributed by atoms with E-state index in [1.165, 1.54) is 4.88 Å². The number of anilines is 1. The van der Waals surface area contributed by atoms with Crippen LogP contribution in [0.2, 0.25) is 0 Å². The molecule has 0 spiro atoms. The van der Waals surface area contributed by atoms with Gasteiger partial charge in [-0.2, -0.15) is 0 Å². The summed E-state index contributed by atoms with van der Waals surface area (Å²) in [5, 5.41) is 12.4. The average molecular weight is 369 g/mol. The topological polar surface area (TPSA) is 62.2 Å². The average Bonchev–Trinajstić information content (AvgIpc) is 2.84. The van der Waals surface area contributed by atoms with Crippen LogP contribution in [0.3, 0.4) is 0 Å². The maximum absolute atomic E-state index is 11.1. The first-order valence-electron chi connectivity index (χ1n) is 6.81. The minimum absolute atomic E-state index is 0.287. The lowest BCUT2D eigenvalue weighted by molar-refractivity contribution is 0.0696. The number of carbonyl (C=O) groups is 1. The summed E-state index contributed by atoms with van der Waals surface area (Å²) >= 11 is 5.15. The number of rotatable bonds is 7. The van der Waals surface area contributed by atoms with Crippen LogP contribution >= 0.6 is 27.3 Å². The maximum atomic E-state index is 11.1. The summed E-state index contributed by atoms with van der Waals surface area (Å²) in [6.45, 7) is 2.78. The molecule has 0 atom stereocenters. The van der Waals surface area contributed by atoms with Crippen LogP contribution in [0.1, 0.15) is 34.3 Å². The molecular weight excluding hydrogens is 352 g/mol. The molecule has 21 heavy (non-hydrogen) atoms. The molecule has 112 valence electrons. The number of carboxylic acids is 1. The maximum Gasteiger partial charge on any atom is 0.335 e. The summed E-state index contributed by atoms with van der Waals surface area (Å²) in [6.07, 6.45) is 2.62. The summed E-state index contributed by atoms with van der Waals surface area (Å²) in [6, 6.07) is 7.35. The van der Waals surface area contributed by atoms with E-state index in [2.05, 4.69) is 39.2 Å². The molecule has 6 heteroatoms. The van der Waals surface area contributed by atoms with Gasteiger partial charge in [0.2, 0.25) is 0 Å². The standard InChI is InChI=1S/C15H17BrN2O2S/c1-2-3-11-8-10(15(19)20)9-14(18-11)17-7-6-12-4-5-13(16)21-12/h4-5,8-9H,2-3,6-7H2,1H3,(H,17,18)(H,19,20). The first-order valence-corrected chi connectivity index (χ1v) is 8.41. The highest BCUT2D eigenvalue weighted by molar-refractivity contribution is 9.11. The molecule has 0 unspecified atom stereocenters. The number of aryl methyl sites for hydroxylation is 1. The van der Waals surface area contributed by atoms with Crippen molar-refractivity contribution >= 4 is 39.1 Å². The number of halogens is 1. The van der Waals surface area contributed by atoms with E-state index in [9.17, 15) is 4.79 Å². The number of aromatic nitrogens is 1. The highest BCUT2D eigenvalue weighted by Gasteiger charge is 2.08. The minimum Gasteiger partial charge on any atom is -0.478 e. The fraction of sp³-hybridized carbons (Fsp3) is 0.333. The number of aromatic carboxylic acids is 1. The molecule has 0 amide bonds. The summed E-state index contributed by atoms with van der Waals surface area (Å²) in [7, 11) is 0. The quantitative estimate of drug-likeness (QED) is 0.768. The molecule has 0 aliphatic carbocycles. The van der Waals surface area contributed by atoms with Gasteiger partial charge in [0.15, 0.2) is 0 Å². The van der Waals surface area contributed by atoms with Gasteiger partial charge >= 0.3 is 5.97 Å². The smallest absolute Gasteiger partial charge is 0.335 e. The van der Waals surface area contributed by atoms with Crippen molar-refractivity contribution in [1.82, 2.24) is 4.98 Å².